The van der Waals surface area contributed by atoms with Crippen molar-refractivity contribution in [1.82, 2.24) is 20.3 Å². The van der Waals surface area contributed by atoms with Crippen LogP contribution in [0.5, 0.6) is 0 Å². The van der Waals surface area contributed by atoms with E-state index in [-0.39, 0.29) is 0 Å². The van der Waals surface area contributed by atoms with E-state index in [1.165, 1.54) is 0 Å². The molecular formula is C15H10N4O. The molecule has 0 aliphatic rings. The Kier molecular flexibility index (Phi) is 2.35. The minimum absolute atomic E-state index is 0.814. The van der Waals surface area contributed by atoms with Gasteiger partial charge in [-0.15, -0.1) is 0 Å². The number of nitrogens with one attached hydrogen (secondary N) is 1. The summed E-state index contributed by atoms with van der Waals surface area (Å²) in [6.07, 6.45) is 5.14. The third kappa shape index (κ3) is 1.76. The summed E-state index contributed by atoms with van der Waals surface area (Å²) in [6, 6.07) is 11.9. The van der Waals surface area contributed by atoms with E-state index in [9.17, 15) is 0 Å². The van der Waals surface area contributed by atoms with E-state index in [1.807, 2.05) is 42.6 Å². The van der Waals surface area contributed by atoms with E-state index < -0.39 is 0 Å². The molecule has 3 aromatic heterocycles. The van der Waals surface area contributed by atoms with E-state index in [0.29, 0.717) is 0 Å². The molecule has 1 N–H and O–H groups in total. The fraction of sp³-hybridized carbons (Fsp3) is 0. The minimum atomic E-state index is 0.814. The van der Waals surface area contributed by atoms with Gasteiger partial charge in [0.15, 0.2) is 0 Å². The maximum atomic E-state index is 4.88. The molecule has 1 aromatic carbocycles. The average Bonchev–Trinajstić information content (AvgIpc) is 3.18. The zero-order valence-electron chi connectivity index (χ0n) is 10.4. The monoisotopic (exact) mass is 262 g/mol. The second-order valence-electron chi connectivity index (χ2n) is 4.49. The van der Waals surface area contributed by atoms with E-state index in [1.54, 1.807) is 12.5 Å². The predicted octanol–water partition coefficient (Wildman–Crippen LogP) is 3.28. The van der Waals surface area contributed by atoms with Crippen molar-refractivity contribution in [2.24, 2.45) is 0 Å². The summed E-state index contributed by atoms with van der Waals surface area (Å²) in [7, 11) is 0. The van der Waals surface area contributed by atoms with Gasteiger partial charge in [0.1, 0.15) is 12.0 Å². The fourth-order valence-corrected chi connectivity index (χ4v) is 2.19. The Balaban J connectivity index is 1.83. The van der Waals surface area contributed by atoms with E-state index >= 15 is 0 Å². The summed E-state index contributed by atoms with van der Waals surface area (Å²) in [5.74, 6) is 0. The highest BCUT2D eigenvalue weighted by molar-refractivity contribution is 5.81. The van der Waals surface area contributed by atoms with Gasteiger partial charge in [0, 0.05) is 28.8 Å². The first-order valence-electron chi connectivity index (χ1n) is 6.20. The van der Waals surface area contributed by atoms with Crippen LogP contribution in [0.3, 0.4) is 0 Å². The van der Waals surface area contributed by atoms with Gasteiger partial charge in [-0.25, -0.2) is 0 Å². The van der Waals surface area contributed by atoms with Crippen molar-refractivity contribution in [2.45, 2.75) is 0 Å². The van der Waals surface area contributed by atoms with E-state index in [4.69, 9.17) is 4.52 Å². The zero-order chi connectivity index (χ0) is 13.4. The Morgan fingerprint density at radius 3 is 2.70 bits per heavy atom. The fourth-order valence-electron chi connectivity index (χ4n) is 2.19. The number of aromatic amines is 1. The molecule has 5 heteroatoms. The normalized spacial score (nSPS) is 11.0. The van der Waals surface area contributed by atoms with Crippen LogP contribution in [-0.4, -0.2) is 20.3 Å². The lowest BCUT2D eigenvalue weighted by atomic mass is 10.1. The smallest absolute Gasteiger partial charge is 0.124 e. The number of H-pyrrole nitrogens is 1. The third-order valence-corrected chi connectivity index (χ3v) is 3.22. The highest BCUT2D eigenvalue weighted by Gasteiger charge is 2.06. The first-order chi connectivity index (χ1) is 9.90. The summed E-state index contributed by atoms with van der Waals surface area (Å²) < 4.78 is 4.88. The number of nitrogens with zero attached hydrogens (tertiary/aromatic N) is 3. The molecule has 96 valence electrons. The van der Waals surface area contributed by atoms with Crippen molar-refractivity contribution < 1.29 is 4.52 Å². The predicted molar refractivity (Wildman–Crippen MR) is 74.8 cm³/mol. The molecule has 0 aliphatic heterocycles. The molecule has 0 amide bonds. The summed E-state index contributed by atoms with van der Waals surface area (Å²) in [5, 5.41) is 11.9. The minimum Gasteiger partial charge on any atom is -0.364 e. The summed E-state index contributed by atoms with van der Waals surface area (Å²) >= 11 is 0. The van der Waals surface area contributed by atoms with Gasteiger partial charge in [0.2, 0.25) is 0 Å². The molecule has 0 saturated heterocycles. The average molecular weight is 262 g/mol. The van der Waals surface area contributed by atoms with Crippen molar-refractivity contribution in [3.8, 4) is 22.5 Å². The highest BCUT2D eigenvalue weighted by atomic mass is 16.5. The van der Waals surface area contributed by atoms with Crippen LogP contribution in [0.1, 0.15) is 0 Å². The zero-order valence-corrected chi connectivity index (χ0v) is 10.4. The molecule has 0 aliphatic carbocycles. The molecule has 0 atom stereocenters. The summed E-state index contributed by atoms with van der Waals surface area (Å²) in [4.78, 5) is 4.47. The van der Waals surface area contributed by atoms with E-state index in [2.05, 4.69) is 20.3 Å². The van der Waals surface area contributed by atoms with Crippen molar-refractivity contribution in [3.63, 3.8) is 0 Å². The van der Waals surface area contributed by atoms with Gasteiger partial charge in [-0.1, -0.05) is 23.4 Å². The third-order valence-electron chi connectivity index (χ3n) is 3.22. The lowest BCUT2D eigenvalue weighted by Crippen LogP contribution is -1.85. The Bertz CT molecular complexity index is 864. The van der Waals surface area contributed by atoms with Gasteiger partial charge in [0.25, 0.3) is 0 Å². The van der Waals surface area contributed by atoms with Crippen LogP contribution in [-0.2, 0) is 0 Å². The number of benzene rings is 1. The van der Waals surface area contributed by atoms with Gasteiger partial charge < -0.3 is 4.52 Å². The van der Waals surface area contributed by atoms with E-state index in [0.717, 1.165) is 33.4 Å². The molecule has 20 heavy (non-hydrogen) atoms. The largest absolute Gasteiger partial charge is 0.364 e. The van der Waals surface area contributed by atoms with Crippen LogP contribution in [0.2, 0.25) is 0 Å². The summed E-state index contributed by atoms with van der Waals surface area (Å²) in [6.45, 7) is 0. The topological polar surface area (TPSA) is 67.6 Å². The molecule has 0 fully saturated rings. The first-order valence-corrected chi connectivity index (χ1v) is 6.20. The second-order valence-corrected chi connectivity index (χ2v) is 4.49. The lowest BCUT2D eigenvalue weighted by Gasteiger charge is -2.03. The van der Waals surface area contributed by atoms with Crippen molar-refractivity contribution >= 4 is 10.9 Å². The number of hydrogen-bond donors (Lipinski definition) is 1. The quantitative estimate of drug-likeness (QED) is 0.602. The van der Waals surface area contributed by atoms with Gasteiger partial charge >= 0.3 is 0 Å². The van der Waals surface area contributed by atoms with Gasteiger partial charge in [-0.3, -0.25) is 10.1 Å². The van der Waals surface area contributed by atoms with Gasteiger partial charge in [0.05, 0.1) is 17.4 Å². The Labute approximate surface area is 114 Å². The molecule has 4 rings (SSSR count). The maximum Gasteiger partial charge on any atom is 0.124 e. The van der Waals surface area contributed by atoms with Crippen LogP contribution in [0.25, 0.3) is 33.4 Å². The molecular weight excluding hydrogens is 252 g/mol. The Hall–Kier alpha value is -2.95. The van der Waals surface area contributed by atoms with Crippen LogP contribution in [0.4, 0.5) is 0 Å². The highest BCUT2D eigenvalue weighted by Crippen LogP contribution is 2.25. The Morgan fingerprint density at radius 1 is 0.950 bits per heavy atom. The number of aromatic nitrogens is 4. The van der Waals surface area contributed by atoms with Crippen molar-refractivity contribution in [2.75, 3.05) is 0 Å². The molecule has 3 heterocycles. The number of rotatable bonds is 2. The van der Waals surface area contributed by atoms with Gasteiger partial charge in [-0.05, 0) is 12.1 Å². The maximum absolute atomic E-state index is 4.88. The molecule has 5 nitrogen and oxygen atoms in total. The van der Waals surface area contributed by atoms with Gasteiger partial charge in [-0.2, -0.15) is 5.10 Å². The lowest BCUT2D eigenvalue weighted by molar-refractivity contribution is 0.422. The van der Waals surface area contributed by atoms with Crippen LogP contribution in [0, 0.1) is 0 Å². The van der Waals surface area contributed by atoms with Crippen LogP contribution in [0.15, 0.2) is 59.6 Å². The molecule has 0 spiro atoms. The molecule has 0 saturated carbocycles. The first kappa shape index (κ1) is 10.9. The second kappa shape index (κ2) is 4.31. The van der Waals surface area contributed by atoms with Crippen molar-refractivity contribution in [1.29, 1.82) is 0 Å². The van der Waals surface area contributed by atoms with Crippen LogP contribution >= 0.6 is 0 Å². The van der Waals surface area contributed by atoms with Crippen LogP contribution < -0.4 is 0 Å². The SMILES string of the molecule is c1cc(-c2cc3[nH]ncc3cn2)cc(-c2ccon2)c1. The molecule has 0 unspecified atom stereocenters. The number of hydrogen-bond acceptors (Lipinski definition) is 4. The standard InChI is InChI=1S/C15H10N4O/c1-2-10(13-4-5-20-19-13)6-11(3-1)14-7-15-12(8-16-14)9-17-18-15/h1-9H,(H,17,18). The number of fused-ring (bicyclic) bond motifs is 1. The molecule has 0 radical (unpaired) electrons. The van der Waals surface area contributed by atoms with Crippen molar-refractivity contribution in [3.05, 3.63) is 55.1 Å². The molecule has 4 aromatic rings. The Morgan fingerprint density at radius 2 is 1.85 bits per heavy atom. The number of pyridine rings is 1. The molecule has 0 bridgehead atoms. The summed E-state index contributed by atoms with van der Waals surface area (Å²) in [5.41, 5.74) is 4.72.